The van der Waals surface area contributed by atoms with Gasteiger partial charge >= 0.3 is 37.6 Å². The molecule has 0 aromatic rings. The van der Waals surface area contributed by atoms with Crippen LogP contribution >= 0.6 is 8.03 Å². The number of hydrogen-bond acceptors (Lipinski definition) is 2. The molecule has 2 atom stereocenters. The Morgan fingerprint density at radius 3 is 2.25 bits per heavy atom. The molecule has 0 saturated heterocycles. The van der Waals surface area contributed by atoms with Gasteiger partial charge in [0, 0.05) is 0 Å². The maximum absolute atomic E-state index is 10.6. The van der Waals surface area contributed by atoms with Crippen molar-refractivity contribution in [1.82, 2.24) is 0 Å². The van der Waals surface area contributed by atoms with Crippen molar-refractivity contribution in [3.8, 4) is 0 Å². The topological polar surface area (TPSA) is 40.1 Å². The molecule has 0 bridgehead atoms. The summed E-state index contributed by atoms with van der Waals surface area (Å²) in [6.07, 6.45) is 4.98. The summed E-state index contributed by atoms with van der Waals surface area (Å²) in [6.45, 7) is 4.06. The van der Waals surface area contributed by atoms with Crippen molar-refractivity contribution in [1.29, 1.82) is 0 Å². The quantitative estimate of drug-likeness (QED) is 0.327. The van der Waals surface area contributed by atoms with E-state index in [1.54, 1.807) is 0 Å². The predicted molar refractivity (Wildman–Crippen MR) is 45.8 cm³/mol. The van der Waals surface area contributed by atoms with Gasteiger partial charge in [-0.15, -0.1) is 0 Å². The molecule has 0 saturated carbocycles. The summed E-state index contributed by atoms with van der Waals surface area (Å²) in [6, 6.07) is 0. The van der Waals surface area contributed by atoms with Crippen LogP contribution in [0.5, 0.6) is 0 Å². The third-order valence-corrected chi connectivity index (χ3v) is 3.13. The molecule has 0 aromatic heterocycles. The summed E-state index contributed by atoms with van der Waals surface area (Å²) in [7, 11) is -2.18. The fraction of sp³-hybridized carbons (Fsp3) is 1.00. The SMILES string of the molecule is CCCCCC(CC)[P+](=O)[O-].[Na+]. The third-order valence-electron chi connectivity index (χ3n) is 1.91. The van der Waals surface area contributed by atoms with Crippen molar-refractivity contribution in [3.63, 3.8) is 0 Å². The van der Waals surface area contributed by atoms with Gasteiger partial charge in [0.05, 0.1) is 0 Å². The van der Waals surface area contributed by atoms with Crippen LogP contribution in [0, 0.1) is 0 Å². The number of rotatable bonds is 6. The van der Waals surface area contributed by atoms with E-state index in [1.165, 1.54) is 0 Å². The largest absolute Gasteiger partial charge is 1.00 e. The van der Waals surface area contributed by atoms with Gasteiger partial charge < -0.3 is 4.89 Å². The Labute approximate surface area is 98.3 Å². The van der Waals surface area contributed by atoms with Crippen LogP contribution in [0.25, 0.3) is 0 Å². The molecule has 0 N–H and O–H groups in total. The molecule has 2 nitrogen and oxygen atoms in total. The molecule has 0 radical (unpaired) electrons. The van der Waals surface area contributed by atoms with Gasteiger partial charge in [-0.25, -0.2) is 0 Å². The van der Waals surface area contributed by atoms with Gasteiger partial charge in [0.25, 0.3) is 0 Å². The summed E-state index contributed by atoms with van der Waals surface area (Å²) < 4.78 is 10.6. The Morgan fingerprint density at radius 2 is 1.92 bits per heavy atom. The van der Waals surface area contributed by atoms with Crippen LogP contribution in [-0.4, -0.2) is 5.66 Å². The summed E-state index contributed by atoms with van der Waals surface area (Å²) >= 11 is 0. The Morgan fingerprint density at radius 1 is 1.33 bits per heavy atom. The minimum Gasteiger partial charge on any atom is -0.595 e. The molecule has 0 rings (SSSR count). The van der Waals surface area contributed by atoms with Crippen LogP contribution in [0.4, 0.5) is 0 Å². The van der Waals surface area contributed by atoms with Gasteiger partial charge in [0.1, 0.15) is 0 Å². The van der Waals surface area contributed by atoms with E-state index in [0.29, 0.717) is 0 Å². The van der Waals surface area contributed by atoms with E-state index in [-0.39, 0.29) is 35.2 Å². The minimum absolute atomic E-state index is 0. The van der Waals surface area contributed by atoms with E-state index in [2.05, 4.69) is 6.92 Å². The van der Waals surface area contributed by atoms with E-state index in [9.17, 15) is 9.46 Å². The second-order valence-electron chi connectivity index (χ2n) is 2.84. The first kappa shape index (κ1) is 15.5. The van der Waals surface area contributed by atoms with Gasteiger partial charge in [0.15, 0.2) is 5.66 Å². The number of unbranched alkanes of at least 4 members (excludes halogenated alkanes) is 2. The van der Waals surface area contributed by atoms with Crippen molar-refractivity contribution in [2.45, 2.75) is 51.6 Å². The van der Waals surface area contributed by atoms with Crippen molar-refractivity contribution in [2.24, 2.45) is 0 Å². The molecule has 12 heavy (non-hydrogen) atoms. The smallest absolute Gasteiger partial charge is 0.595 e. The van der Waals surface area contributed by atoms with Gasteiger partial charge in [-0.2, -0.15) is 0 Å². The van der Waals surface area contributed by atoms with E-state index in [1.807, 2.05) is 6.92 Å². The number of hydrogen-bond donors (Lipinski definition) is 0. The van der Waals surface area contributed by atoms with Crippen molar-refractivity contribution >= 4 is 8.03 Å². The zero-order valence-electron chi connectivity index (χ0n) is 8.38. The summed E-state index contributed by atoms with van der Waals surface area (Å²) in [5.74, 6) is 0. The fourth-order valence-electron chi connectivity index (χ4n) is 1.09. The van der Waals surface area contributed by atoms with Crippen molar-refractivity contribution < 1.29 is 39.0 Å². The molecular weight excluding hydrogens is 182 g/mol. The molecule has 0 amide bonds. The molecular formula is C8H17NaO2P+. The molecule has 0 aliphatic rings. The Kier molecular flexibility index (Phi) is 13.1. The first-order valence-electron chi connectivity index (χ1n) is 4.35. The van der Waals surface area contributed by atoms with Crippen LogP contribution in [0.3, 0.4) is 0 Å². The van der Waals surface area contributed by atoms with Crippen molar-refractivity contribution in [3.05, 3.63) is 0 Å². The van der Waals surface area contributed by atoms with Gasteiger partial charge in [-0.05, 0) is 19.3 Å². The van der Waals surface area contributed by atoms with E-state index in [0.717, 1.165) is 32.1 Å². The fourth-order valence-corrected chi connectivity index (χ4v) is 1.78. The Bertz CT molecular complexity index is 120. The molecule has 0 aliphatic heterocycles. The molecule has 0 aliphatic carbocycles. The van der Waals surface area contributed by atoms with Gasteiger partial charge in [-0.3, -0.25) is 0 Å². The third kappa shape index (κ3) is 7.70. The van der Waals surface area contributed by atoms with Crippen LogP contribution in [0.15, 0.2) is 0 Å². The molecule has 4 heteroatoms. The van der Waals surface area contributed by atoms with Crippen LogP contribution < -0.4 is 34.5 Å². The molecule has 0 spiro atoms. The van der Waals surface area contributed by atoms with Crippen LogP contribution in [0.2, 0.25) is 0 Å². The molecule has 0 aromatic carbocycles. The van der Waals surface area contributed by atoms with E-state index in [4.69, 9.17) is 0 Å². The summed E-state index contributed by atoms with van der Waals surface area (Å²) in [5.41, 5.74) is -0.0726. The molecule has 2 unspecified atom stereocenters. The normalized spacial score (nSPS) is 13.4. The molecule has 0 fully saturated rings. The Hall–Kier alpha value is 1.06. The molecule has 0 heterocycles. The zero-order valence-corrected chi connectivity index (χ0v) is 11.3. The zero-order chi connectivity index (χ0) is 8.69. The predicted octanol–water partition coefficient (Wildman–Crippen LogP) is -0.548. The average Bonchev–Trinajstić information content (AvgIpc) is 1.97. The van der Waals surface area contributed by atoms with Crippen molar-refractivity contribution in [2.75, 3.05) is 0 Å². The second-order valence-corrected chi connectivity index (χ2v) is 4.14. The van der Waals surface area contributed by atoms with Gasteiger partial charge in [-0.1, -0.05) is 31.3 Å². The minimum atomic E-state index is -2.18. The summed E-state index contributed by atoms with van der Waals surface area (Å²) in [5, 5.41) is 0. The van der Waals surface area contributed by atoms with Crippen LogP contribution in [-0.2, 0) is 4.57 Å². The first-order chi connectivity index (χ1) is 5.22. The van der Waals surface area contributed by atoms with Gasteiger partial charge in [0.2, 0.25) is 0 Å². The standard InChI is InChI=1S/C8H17O2P.Na/c1-3-5-6-7-8(4-2)11(9)10;/h8H,3-7H2,1-2H3;/q;+1. The van der Waals surface area contributed by atoms with Crippen LogP contribution in [0.1, 0.15) is 46.0 Å². The average molecular weight is 199 g/mol. The maximum Gasteiger partial charge on any atom is 1.00 e. The van der Waals surface area contributed by atoms with E-state index >= 15 is 0 Å². The molecule has 66 valence electrons. The van der Waals surface area contributed by atoms with E-state index < -0.39 is 8.03 Å². The monoisotopic (exact) mass is 199 g/mol. The Balaban J connectivity index is 0. The second kappa shape index (κ2) is 10.1. The summed E-state index contributed by atoms with van der Waals surface area (Å²) in [4.78, 5) is 10.6. The first-order valence-corrected chi connectivity index (χ1v) is 5.60. The maximum atomic E-state index is 10.6.